The number of hydrogen-bond acceptors (Lipinski definition) is 5. The highest BCUT2D eigenvalue weighted by Crippen LogP contribution is 2.38. The van der Waals surface area contributed by atoms with Crippen LogP contribution in [-0.4, -0.2) is 68.0 Å². The first-order chi connectivity index (χ1) is 10.3. The molecule has 2 aliphatic rings. The lowest BCUT2D eigenvalue weighted by Gasteiger charge is -2.27. The molecule has 1 aromatic rings. The minimum atomic E-state index is -0.615. The van der Waals surface area contributed by atoms with Crippen molar-refractivity contribution in [3.05, 3.63) is 11.6 Å². The summed E-state index contributed by atoms with van der Waals surface area (Å²) >= 11 is 0. The van der Waals surface area contributed by atoms with Crippen LogP contribution in [-0.2, 0) is 13.6 Å². The maximum absolute atomic E-state index is 9.96. The van der Waals surface area contributed by atoms with E-state index in [9.17, 15) is 5.11 Å². The first kappa shape index (κ1) is 15.9. The molecule has 1 atom stereocenters. The molecule has 0 spiro atoms. The molecule has 2 heterocycles. The normalized spacial score (nSPS) is 23.6. The summed E-state index contributed by atoms with van der Waals surface area (Å²) in [4.78, 5) is 4.73. The number of rotatable bonds is 6. The molecule has 1 aromatic heterocycles. The lowest BCUT2D eigenvalue weighted by molar-refractivity contribution is 0.0415. The fourth-order valence-corrected chi connectivity index (χ4v) is 3.43. The molecule has 1 N–H and O–H groups in total. The molecule has 1 aliphatic heterocycles. The van der Waals surface area contributed by atoms with Gasteiger partial charge in [0.1, 0.15) is 11.6 Å². The van der Waals surface area contributed by atoms with Gasteiger partial charge in [-0.2, -0.15) is 0 Å². The molecule has 0 amide bonds. The van der Waals surface area contributed by atoms with Crippen LogP contribution in [0.4, 0.5) is 0 Å². The van der Waals surface area contributed by atoms with Crippen LogP contribution in [0.1, 0.15) is 50.7 Å². The van der Waals surface area contributed by atoms with Crippen molar-refractivity contribution >= 4 is 0 Å². The molecular formula is C16H29N5O. The molecular weight excluding hydrogens is 278 g/mol. The molecule has 0 bridgehead atoms. The van der Waals surface area contributed by atoms with E-state index in [4.69, 9.17) is 0 Å². The first-order valence-electron chi connectivity index (χ1n) is 8.36. The van der Waals surface area contributed by atoms with Gasteiger partial charge in [-0.1, -0.05) is 0 Å². The molecule has 3 rings (SSSR count). The van der Waals surface area contributed by atoms with Gasteiger partial charge in [0.25, 0.3) is 0 Å². The summed E-state index contributed by atoms with van der Waals surface area (Å²) in [5.41, 5.74) is -0.615. The van der Waals surface area contributed by atoms with E-state index in [0.717, 1.165) is 44.2 Å². The Labute approximate surface area is 133 Å². The van der Waals surface area contributed by atoms with Crippen molar-refractivity contribution < 1.29 is 5.11 Å². The van der Waals surface area contributed by atoms with Crippen molar-refractivity contribution in [2.24, 2.45) is 7.05 Å². The highest BCUT2D eigenvalue weighted by molar-refractivity contribution is 5.07. The van der Waals surface area contributed by atoms with Crippen molar-refractivity contribution in [1.29, 1.82) is 0 Å². The monoisotopic (exact) mass is 307 g/mol. The number of aromatic nitrogens is 3. The van der Waals surface area contributed by atoms with Gasteiger partial charge in [0.05, 0.1) is 12.1 Å². The molecule has 6 nitrogen and oxygen atoms in total. The summed E-state index contributed by atoms with van der Waals surface area (Å²) in [6, 6.07) is 0.531. The zero-order valence-electron chi connectivity index (χ0n) is 14.3. The van der Waals surface area contributed by atoms with Crippen LogP contribution in [0, 0.1) is 0 Å². The average molecular weight is 307 g/mol. The zero-order valence-corrected chi connectivity index (χ0v) is 14.3. The van der Waals surface area contributed by atoms with E-state index in [1.165, 1.54) is 12.8 Å². The summed E-state index contributed by atoms with van der Waals surface area (Å²) in [5, 5.41) is 18.7. The van der Waals surface area contributed by atoms with Crippen LogP contribution in [0.15, 0.2) is 0 Å². The van der Waals surface area contributed by atoms with Crippen molar-refractivity contribution in [2.45, 2.75) is 57.2 Å². The largest absolute Gasteiger partial charge is 0.389 e. The second kappa shape index (κ2) is 5.91. The Balaban J connectivity index is 1.55. The molecule has 0 aromatic carbocycles. The van der Waals surface area contributed by atoms with Gasteiger partial charge in [0.15, 0.2) is 0 Å². The summed E-state index contributed by atoms with van der Waals surface area (Å²) < 4.78 is 2.18. The third-order valence-electron chi connectivity index (χ3n) is 4.81. The van der Waals surface area contributed by atoms with E-state index in [1.807, 2.05) is 13.8 Å². The minimum Gasteiger partial charge on any atom is -0.389 e. The second-order valence-electron chi connectivity index (χ2n) is 7.71. The quantitative estimate of drug-likeness (QED) is 0.849. The second-order valence-corrected chi connectivity index (χ2v) is 7.71. The molecule has 22 heavy (non-hydrogen) atoms. The van der Waals surface area contributed by atoms with Crippen LogP contribution < -0.4 is 0 Å². The molecule has 0 unspecified atom stereocenters. The highest BCUT2D eigenvalue weighted by Gasteiger charge is 2.31. The number of hydrogen-bond donors (Lipinski definition) is 1. The van der Waals surface area contributed by atoms with E-state index in [2.05, 4.69) is 38.7 Å². The van der Waals surface area contributed by atoms with E-state index < -0.39 is 5.60 Å². The molecule has 6 heteroatoms. The molecule has 1 aliphatic carbocycles. The number of aliphatic hydroxyl groups is 1. The number of nitrogens with zero attached hydrogens (tertiary/aromatic N) is 5. The summed E-state index contributed by atoms with van der Waals surface area (Å²) in [6.07, 6.45) is 3.67. The predicted octanol–water partition coefficient (Wildman–Crippen LogP) is 0.969. The standard InChI is InChI=1S/C16H29N5O/c1-16(2,22)11-21-8-7-13(9-21)19(3)10-14-17-18-15(20(14)4)12-5-6-12/h12-13,22H,5-11H2,1-4H3/t13-/m1/s1. The van der Waals surface area contributed by atoms with Crippen LogP contribution in [0.2, 0.25) is 0 Å². The van der Waals surface area contributed by atoms with E-state index in [-0.39, 0.29) is 0 Å². The number of likely N-dealkylation sites (tertiary alicyclic amines) is 1. The van der Waals surface area contributed by atoms with Crippen LogP contribution >= 0.6 is 0 Å². The average Bonchev–Trinajstić information content (AvgIpc) is 3.05. The Bertz CT molecular complexity index is 517. The van der Waals surface area contributed by atoms with Gasteiger partial charge in [0, 0.05) is 32.1 Å². The third-order valence-corrected chi connectivity index (χ3v) is 4.81. The SMILES string of the molecule is CN(Cc1nnc(C2CC2)n1C)[C@@H]1CCN(CC(C)(C)O)C1. The molecule has 2 fully saturated rings. The van der Waals surface area contributed by atoms with E-state index >= 15 is 0 Å². The van der Waals surface area contributed by atoms with Crippen LogP contribution in [0.3, 0.4) is 0 Å². The van der Waals surface area contributed by atoms with Crippen molar-refractivity contribution in [3.63, 3.8) is 0 Å². The Hall–Kier alpha value is -0.980. The fraction of sp³-hybridized carbons (Fsp3) is 0.875. The Morgan fingerprint density at radius 2 is 2.00 bits per heavy atom. The zero-order chi connectivity index (χ0) is 15.9. The van der Waals surface area contributed by atoms with Gasteiger partial charge < -0.3 is 9.67 Å². The van der Waals surface area contributed by atoms with Crippen LogP contribution in [0.25, 0.3) is 0 Å². The van der Waals surface area contributed by atoms with E-state index in [1.54, 1.807) is 0 Å². The predicted molar refractivity (Wildman–Crippen MR) is 85.6 cm³/mol. The van der Waals surface area contributed by atoms with Crippen molar-refractivity contribution in [1.82, 2.24) is 24.6 Å². The van der Waals surface area contributed by atoms with Gasteiger partial charge in [0.2, 0.25) is 0 Å². The maximum Gasteiger partial charge on any atom is 0.146 e. The Morgan fingerprint density at radius 1 is 1.27 bits per heavy atom. The molecule has 1 saturated heterocycles. The first-order valence-corrected chi connectivity index (χ1v) is 8.36. The van der Waals surface area contributed by atoms with Gasteiger partial charge in [-0.25, -0.2) is 0 Å². The topological polar surface area (TPSA) is 57.4 Å². The lowest BCUT2D eigenvalue weighted by Crippen LogP contribution is -2.40. The fourth-order valence-electron chi connectivity index (χ4n) is 3.43. The minimum absolute atomic E-state index is 0.531. The highest BCUT2D eigenvalue weighted by atomic mass is 16.3. The summed E-state index contributed by atoms with van der Waals surface area (Å²) in [5.74, 6) is 2.86. The summed E-state index contributed by atoms with van der Waals surface area (Å²) in [6.45, 7) is 7.43. The lowest BCUT2D eigenvalue weighted by atomic mass is 10.1. The molecule has 124 valence electrons. The van der Waals surface area contributed by atoms with E-state index in [0.29, 0.717) is 12.0 Å². The van der Waals surface area contributed by atoms with Gasteiger partial charge >= 0.3 is 0 Å². The summed E-state index contributed by atoms with van der Waals surface area (Å²) in [7, 11) is 4.26. The van der Waals surface area contributed by atoms with Gasteiger partial charge in [-0.05, 0) is 46.7 Å². The van der Waals surface area contributed by atoms with Gasteiger partial charge in [-0.15, -0.1) is 10.2 Å². The van der Waals surface area contributed by atoms with Crippen molar-refractivity contribution in [2.75, 3.05) is 26.7 Å². The van der Waals surface area contributed by atoms with Crippen molar-refractivity contribution in [3.8, 4) is 0 Å². The smallest absolute Gasteiger partial charge is 0.146 e. The maximum atomic E-state index is 9.96. The van der Waals surface area contributed by atoms with Crippen LogP contribution in [0.5, 0.6) is 0 Å². The Kier molecular flexibility index (Phi) is 4.27. The van der Waals surface area contributed by atoms with Gasteiger partial charge in [-0.3, -0.25) is 9.80 Å². The Morgan fingerprint density at radius 3 is 2.64 bits per heavy atom. The number of likely N-dealkylation sites (N-methyl/N-ethyl adjacent to an activating group) is 1. The molecule has 0 radical (unpaired) electrons. The third kappa shape index (κ3) is 3.67. The molecule has 1 saturated carbocycles. The number of β-amino-alcohol motifs (C(OH)–C–C–N with tert-alkyl or cyclic N) is 1.